The summed E-state index contributed by atoms with van der Waals surface area (Å²) in [6.45, 7) is 3.03. The number of nitrogens with zero attached hydrogens (tertiary/aromatic N) is 1. The number of piperidine rings is 3. The van der Waals surface area contributed by atoms with Crippen LogP contribution in [0.3, 0.4) is 0 Å². The Bertz CT molecular complexity index is 845. The van der Waals surface area contributed by atoms with Crippen LogP contribution in [-0.2, 0) is 14.3 Å². The number of rotatable bonds is 6. The van der Waals surface area contributed by atoms with E-state index in [0.717, 1.165) is 43.7 Å². The van der Waals surface area contributed by atoms with E-state index in [-0.39, 0.29) is 12.1 Å². The van der Waals surface area contributed by atoms with E-state index in [1.807, 2.05) is 30.3 Å². The van der Waals surface area contributed by atoms with Crippen LogP contribution in [0.1, 0.15) is 34.8 Å². The van der Waals surface area contributed by atoms with E-state index < -0.39 is 12.0 Å². The summed E-state index contributed by atoms with van der Waals surface area (Å²) in [5.74, 6) is -0.204. The summed E-state index contributed by atoms with van der Waals surface area (Å²) in [4.78, 5) is 27.1. The minimum atomic E-state index is -0.615. The number of esters is 2. The Labute approximate surface area is 170 Å². The Hall–Kier alpha value is -2.86. The zero-order valence-electron chi connectivity index (χ0n) is 16.5. The molecule has 0 saturated carbocycles. The standard InChI is InChI=1S/C23H26N2O4/c1-28-22(26)18-7-9-19(10-8-18)24-21(17-5-3-2-4-6-17)23(27)29-20-15-25-13-11-16(20)12-14-25/h2-10,16,20-21,24H,11-15H2,1H3/t20-,21?/m0/s1. The molecule has 0 spiro atoms. The molecule has 6 nitrogen and oxygen atoms in total. The maximum atomic E-state index is 13.1. The van der Waals surface area contributed by atoms with Gasteiger partial charge < -0.3 is 14.8 Å². The van der Waals surface area contributed by atoms with E-state index in [4.69, 9.17) is 9.47 Å². The molecule has 6 heteroatoms. The fourth-order valence-corrected chi connectivity index (χ4v) is 4.17. The van der Waals surface area contributed by atoms with Crippen molar-refractivity contribution in [3.8, 4) is 0 Å². The fourth-order valence-electron chi connectivity index (χ4n) is 4.17. The molecule has 29 heavy (non-hydrogen) atoms. The molecule has 1 N–H and O–H groups in total. The minimum absolute atomic E-state index is 0.0419. The predicted molar refractivity (Wildman–Crippen MR) is 110 cm³/mol. The number of carbonyl (C=O) groups excluding carboxylic acids is 2. The third-order valence-corrected chi connectivity index (χ3v) is 5.85. The van der Waals surface area contributed by atoms with E-state index in [1.54, 1.807) is 24.3 Å². The van der Waals surface area contributed by atoms with Crippen molar-refractivity contribution in [2.75, 3.05) is 32.1 Å². The lowest BCUT2D eigenvalue weighted by Gasteiger charge is -2.44. The minimum Gasteiger partial charge on any atom is -0.465 e. The van der Waals surface area contributed by atoms with Gasteiger partial charge in [0.05, 0.1) is 12.7 Å². The van der Waals surface area contributed by atoms with Crippen molar-refractivity contribution in [2.45, 2.75) is 25.0 Å². The number of ether oxygens (including phenoxy) is 2. The highest BCUT2D eigenvalue weighted by Crippen LogP contribution is 2.31. The van der Waals surface area contributed by atoms with Gasteiger partial charge in [-0.15, -0.1) is 0 Å². The number of fused-ring (bicyclic) bond motifs is 3. The van der Waals surface area contributed by atoms with Crippen LogP contribution < -0.4 is 5.32 Å². The number of carbonyl (C=O) groups is 2. The van der Waals surface area contributed by atoms with Gasteiger partial charge in [-0.1, -0.05) is 30.3 Å². The summed E-state index contributed by atoms with van der Waals surface area (Å²) < 4.78 is 10.7. The van der Waals surface area contributed by atoms with E-state index >= 15 is 0 Å². The van der Waals surface area contributed by atoms with Crippen molar-refractivity contribution in [1.29, 1.82) is 0 Å². The lowest BCUT2D eigenvalue weighted by atomic mass is 9.86. The first-order valence-corrected chi connectivity index (χ1v) is 10.1. The van der Waals surface area contributed by atoms with Crippen LogP contribution in [0.25, 0.3) is 0 Å². The molecule has 0 aromatic heterocycles. The average Bonchev–Trinajstić information content (AvgIpc) is 2.78. The van der Waals surface area contributed by atoms with Gasteiger partial charge in [0.25, 0.3) is 0 Å². The number of hydrogen-bond acceptors (Lipinski definition) is 6. The molecule has 152 valence electrons. The lowest BCUT2D eigenvalue weighted by molar-refractivity contribution is -0.159. The molecule has 3 heterocycles. The van der Waals surface area contributed by atoms with Gasteiger partial charge in [-0.3, -0.25) is 4.90 Å². The summed E-state index contributed by atoms with van der Waals surface area (Å²) in [5, 5.41) is 3.27. The summed E-state index contributed by atoms with van der Waals surface area (Å²) in [6.07, 6.45) is 2.15. The quantitative estimate of drug-likeness (QED) is 0.759. The molecule has 2 aromatic carbocycles. The first-order valence-electron chi connectivity index (χ1n) is 10.1. The summed E-state index contributed by atoms with van der Waals surface area (Å²) >= 11 is 0. The molecule has 3 saturated heterocycles. The fraction of sp³-hybridized carbons (Fsp3) is 0.391. The second-order valence-electron chi connectivity index (χ2n) is 7.67. The zero-order valence-corrected chi connectivity index (χ0v) is 16.5. The van der Waals surface area contributed by atoms with Crippen molar-refractivity contribution in [1.82, 2.24) is 4.90 Å². The van der Waals surface area contributed by atoms with Crippen LogP contribution in [-0.4, -0.2) is 49.7 Å². The monoisotopic (exact) mass is 394 g/mol. The van der Waals surface area contributed by atoms with Gasteiger partial charge in [-0.25, -0.2) is 9.59 Å². The highest BCUT2D eigenvalue weighted by molar-refractivity contribution is 5.90. The zero-order chi connectivity index (χ0) is 20.2. The summed E-state index contributed by atoms with van der Waals surface area (Å²) in [5.41, 5.74) is 2.04. The van der Waals surface area contributed by atoms with E-state index in [0.29, 0.717) is 11.5 Å². The molecule has 2 atom stereocenters. The second kappa shape index (κ2) is 8.66. The van der Waals surface area contributed by atoms with Crippen molar-refractivity contribution >= 4 is 17.6 Å². The molecular weight excluding hydrogens is 368 g/mol. The van der Waals surface area contributed by atoms with Gasteiger partial charge in [0.2, 0.25) is 0 Å². The maximum Gasteiger partial charge on any atom is 0.337 e. The van der Waals surface area contributed by atoms with Crippen LogP contribution in [0.2, 0.25) is 0 Å². The number of anilines is 1. The molecular formula is C23H26N2O4. The highest BCUT2D eigenvalue weighted by atomic mass is 16.5. The summed E-state index contributed by atoms with van der Waals surface area (Å²) in [7, 11) is 1.35. The van der Waals surface area contributed by atoms with Gasteiger partial charge >= 0.3 is 11.9 Å². The third-order valence-electron chi connectivity index (χ3n) is 5.85. The van der Waals surface area contributed by atoms with E-state index in [9.17, 15) is 9.59 Å². The van der Waals surface area contributed by atoms with Gasteiger partial charge in [0.15, 0.2) is 6.04 Å². The molecule has 3 fully saturated rings. The Morgan fingerprint density at radius 2 is 1.72 bits per heavy atom. The van der Waals surface area contributed by atoms with Gasteiger partial charge in [-0.2, -0.15) is 0 Å². The molecule has 0 amide bonds. The van der Waals surface area contributed by atoms with E-state index in [1.165, 1.54) is 7.11 Å². The predicted octanol–water partition coefficient (Wildman–Crippen LogP) is 3.26. The molecule has 2 bridgehead atoms. The van der Waals surface area contributed by atoms with Gasteiger partial charge in [-0.05, 0) is 61.7 Å². The van der Waals surface area contributed by atoms with E-state index in [2.05, 4.69) is 10.2 Å². The highest BCUT2D eigenvalue weighted by Gasteiger charge is 2.37. The normalized spacial score (nSPS) is 23.8. The molecule has 2 aromatic rings. The van der Waals surface area contributed by atoms with Crippen LogP contribution >= 0.6 is 0 Å². The molecule has 0 radical (unpaired) electrons. The first kappa shape index (κ1) is 19.5. The third kappa shape index (κ3) is 4.43. The second-order valence-corrected chi connectivity index (χ2v) is 7.67. The Morgan fingerprint density at radius 3 is 2.31 bits per heavy atom. The molecule has 3 aliphatic heterocycles. The average molecular weight is 394 g/mol. The van der Waals surface area contributed by atoms with Crippen LogP contribution in [0, 0.1) is 5.92 Å². The van der Waals surface area contributed by atoms with Crippen molar-refractivity contribution in [2.24, 2.45) is 5.92 Å². The van der Waals surface area contributed by atoms with Crippen LogP contribution in [0.5, 0.6) is 0 Å². The maximum absolute atomic E-state index is 13.1. The number of hydrogen-bond donors (Lipinski definition) is 1. The molecule has 1 unspecified atom stereocenters. The molecule has 0 aliphatic carbocycles. The van der Waals surface area contributed by atoms with Crippen molar-refractivity contribution in [3.05, 3.63) is 65.7 Å². The van der Waals surface area contributed by atoms with Crippen molar-refractivity contribution in [3.63, 3.8) is 0 Å². The largest absolute Gasteiger partial charge is 0.465 e. The smallest absolute Gasteiger partial charge is 0.337 e. The van der Waals surface area contributed by atoms with Crippen molar-refractivity contribution < 1.29 is 19.1 Å². The van der Waals surface area contributed by atoms with Crippen LogP contribution in [0.15, 0.2) is 54.6 Å². The number of benzene rings is 2. The number of nitrogens with one attached hydrogen (secondary N) is 1. The Kier molecular flexibility index (Phi) is 5.81. The first-order chi connectivity index (χ1) is 14.1. The molecule has 3 aliphatic rings. The Balaban J connectivity index is 1.51. The topological polar surface area (TPSA) is 67.9 Å². The van der Waals surface area contributed by atoms with Gasteiger partial charge in [0, 0.05) is 12.2 Å². The lowest BCUT2D eigenvalue weighted by Crippen LogP contribution is -2.52. The SMILES string of the molecule is COC(=O)c1ccc(NC(C(=O)O[C@H]2CN3CCC2CC3)c2ccccc2)cc1. The number of methoxy groups -OCH3 is 1. The Morgan fingerprint density at radius 1 is 1.03 bits per heavy atom. The van der Waals surface area contributed by atoms with Crippen LogP contribution in [0.4, 0.5) is 5.69 Å². The molecule has 5 rings (SSSR count). The van der Waals surface area contributed by atoms with Gasteiger partial charge in [0.1, 0.15) is 6.10 Å². The summed E-state index contributed by atoms with van der Waals surface area (Å²) in [6, 6.07) is 15.8.